The summed E-state index contributed by atoms with van der Waals surface area (Å²) >= 11 is 5.99. The molecule has 0 aliphatic carbocycles. The number of aromatic amines is 1. The third kappa shape index (κ3) is 4.81. The van der Waals surface area contributed by atoms with Crippen molar-refractivity contribution in [3.63, 3.8) is 0 Å². The molecule has 4 aromatic carbocycles. The minimum absolute atomic E-state index is 0.0290. The second-order valence-electron chi connectivity index (χ2n) is 9.35. The van der Waals surface area contributed by atoms with Gasteiger partial charge in [-0.05, 0) is 47.4 Å². The van der Waals surface area contributed by atoms with E-state index in [-0.39, 0.29) is 11.9 Å². The van der Waals surface area contributed by atoms with Gasteiger partial charge in [-0.2, -0.15) is 5.10 Å². The van der Waals surface area contributed by atoms with Gasteiger partial charge in [0.05, 0.1) is 11.7 Å². The summed E-state index contributed by atoms with van der Waals surface area (Å²) < 4.78 is 6.01. The lowest BCUT2D eigenvalue weighted by Gasteiger charge is -2.26. The van der Waals surface area contributed by atoms with Crippen molar-refractivity contribution in [2.45, 2.75) is 19.1 Å². The Morgan fingerprint density at radius 3 is 2.21 bits per heavy atom. The third-order valence-corrected chi connectivity index (χ3v) is 7.16. The maximum absolute atomic E-state index is 13.6. The van der Waals surface area contributed by atoms with Crippen molar-refractivity contribution in [2.75, 3.05) is 6.54 Å². The summed E-state index contributed by atoms with van der Waals surface area (Å²) in [5, 5.41) is 8.31. The molecule has 0 bridgehead atoms. The molecular weight excluding hydrogens is 494 g/mol. The minimum atomic E-state index is -0.250. The quantitative estimate of drug-likeness (QED) is 0.238. The van der Waals surface area contributed by atoms with Gasteiger partial charge in [0.2, 0.25) is 0 Å². The zero-order chi connectivity index (χ0) is 25.9. The Labute approximate surface area is 226 Å². The van der Waals surface area contributed by atoms with Crippen LogP contribution in [0.5, 0.6) is 5.75 Å². The maximum atomic E-state index is 13.6. The van der Waals surface area contributed by atoms with Crippen LogP contribution in [0.4, 0.5) is 0 Å². The number of benzene rings is 4. The van der Waals surface area contributed by atoms with Gasteiger partial charge in [-0.25, -0.2) is 0 Å². The summed E-state index contributed by atoms with van der Waals surface area (Å²) in [5.41, 5.74) is 6.53. The molecule has 0 saturated carbocycles. The fraction of sp³-hybridized carbons (Fsp3) is 0.125. The largest absolute Gasteiger partial charge is 0.489 e. The van der Waals surface area contributed by atoms with Gasteiger partial charge in [0.1, 0.15) is 18.1 Å². The number of fused-ring (bicyclic) bond motifs is 1. The predicted molar refractivity (Wildman–Crippen MR) is 149 cm³/mol. The van der Waals surface area contributed by atoms with Crippen LogP contribution in [0.25, 0.3) is 11.3 Å². The lowest BCUT2D eigenvalue weighted by Crippen LogP contribution is -2.31. The van der Waals surface area contributed by atoms with Gasteiger partial charge in [-0.15, -0.1) is 0 Å². The molecule has 1 aliphatic heterocycles. The molecule has 5 nitrogen and oxygen atoms in total. The van der Waals surface area contributed by atoms with E-state index < -0.39 is 0 Å². The van der Waals surface area contributed by atoms with Gasteiger partial charge < -0.3 is 9.64 Å². The van der Waals surface area contributed by atoms with E-state index in [2.05, 4.69) is 22.3 Å². The fourth-order valence-corrected chi connectivity index (χ4v) is 5.10. The Hall–Kier alpha value is -4.35. The highest BCUT2D eigenvalue weighted by molar-refractivity contribution is 6.30. The van der Waals surface area contributed by atoms with Crippen molar-refractivity contribution in [1.29, 1.82) is 0 Å². The lowest BCUT2D eigenvalue weighted by molar-refractivity contribution is 0.0746. The molecule has 5 aromatic rings. The summed E-state index contributed by atoms with van der Waals surface area (Å²) in [5.74, 6) is 0.734. The van der Waals surface area contributed by atoms with E-state index in [4.69, 9.17) is 16.3 Å². The first-order chi connectivity index (χ1) is 18.7. The molecule has 2 heterocycles. The van der Waals surface area contributed by atoms with Gasteiger partial charge in [0.15, 0.2) is 0 Å². The van der Waals surface area contributed by atoms with Gasteiger partial charge in [0, 0.05) is 22.7 Å². The molecule has 6 heteroatoms. The number of H-pyrrole nitrogens is 1. The van der Waals surface area contributed by atoms with Crippen LogP contribution in [-0.2, 0) is 13.0 Å². The molecule has 1 atom stereocenters. The Kier molecular flexibility index (Phi) is 6.67. The first-order valence-corrected chi connectivity index (χ1v) is 13.0. The van der Waals surface area contributed by atoms with Gasteiger partial charge in [0.25, 0.3) is 5.91 Å². The van der Waals surface area contributed by atoms with E-state index in [1.54, 1.807) is 0 Å². The highest BCUT2D eigenvalue weighted by Crippen LogP contribution is 2.43. The Bertz CT molecular complexity index is 1530. The predicted octanol–water partition coefficient (Wildman–Crippen LogP) is 7.10. The highest BCUT2D eigenvalue weighted by Gasteiger charge is 2.41. The summed E-state index contributed by atoms with van der Waals surface area (Å²) in [7, 11) is 0. The Morgan fingerprint density at radius 1 is 0.816 bits per heavy atom. The SMILES string of the molecule is O=C1c2[nH]nc(-c3ccccc3)c2C(c2ccc(OCc3ccc(Cl)cc3)cc2)N1CCc1ccccc1. The summed E-state index contributed by atoms with van der Waals surface area (Å²) in [6.07, 6.45) is 0.768. The minimum Gasteiger partial charge on any atom is -0.489 e. The molecule has 1 aromatic heterocycles. The molecule has 0 spiro atoms. The normalized spacial score (nSPS) is 14.5. The van der Waals surface area contributed by atoms with Crippen LogP contribution in [0.15, 0.2) is 109 Å². The number of hydrogen-bond acceptors (Lipinski definition) is 3. The van der Waals surface area contributed by atoms with E-state index in [9.17, 15) is 4.79 Å². The average molecular weight is 520 g/mol. The van der Waals surface area contributed by atoms with Crippen molar-refractivity contribution in [3.05, 3.63) is 142 Å². The summed E-state index contributed by atoms with van der Waals surface area (Å²) in [6.45, 7) is 1.05. The van der Waals surface area contributed by atoms with Crippen molar-refractivity contribution in [3.8, 4) is 17.0 Å². The van der Waals surface area contributed by atoms with Gasteiger partial charge >= 0.3 is 0 Å². The Balaban J connectivity index is 1.30. The number of halogens is 1. The first kappa shape index (κ1) is 24.0. The van der Waals surface area contributed by atoms with Crippen molar-refractivity contribution >= 4 is 17.5 Å². The molecule has 6 rings (SSSR count). The Morgan fingerprint density at radius 2 is 1.50 bits per heavy atom. The van der Waals surface area contributed by atoms with Crippen molar-refractivity contribution < 1.29 is 9.53 Å². The van der Waals surface area contributed by atoms with E-state index in [0.717, 1.165) is 40.1 Å². The lowest BCUT2D eigenvalue weighted by atomic mass is 9.96. The van der Waals surface area contributed by atoms with Gasteiger partial charge in [-0.1, -0.05) is 96.5 Å². The van der Waals surface area contributed by atoms with Crippen LogP contribution in [-0.4, -0.2) is 27.5 Å². The molecule has 1 aliphatic rings. The van der Waals surface area contributed by atoms with Crippen LogP contribution in [0.1, 0.15) is 38.8 Å². The topological polar surface area (TPSA) is 58.2 Å². The first-order valence-electron chi connectivity index (χ1n) is 12.6. The monoisotopic (exact) mass is 519 g/mol. The smallest absolute Gasteiger partial charge is 0.273 e. The third-order valence-electron chi connectivity index (χ3n) is 6.91. The van der Waals surface area contributed by atoms with E-state index in [1.807, 2.05) is 102 Å². The molecule has 38 heavy (non-hydrogen) atoms. The summed E-state index contributed by atoms with van der Waals surface area (Å²) in [4.78, 5) is 15.6. The zero-order valence-electron chi connectivity index (χ0n) is 20.7. The molecule has 1 N–H and O–H groups in total. The number of ether oxygens (including phenoxy) is 1. The standard InChI is InChI=1S/C32H26ClN3O2/c33-26-15-11-23(12-16-26)21-38-27-17-13-25(14-18-27)31-28-29(24-9-5-2-6-10-24)34-35-30(28)32(37)36(31)20-19-22-7-3-1-4-8-22/h1-18,31H,19-21H2,(H,34,35). The second-order valence-corrected chi connectivity index (χ2v) is 9.78. The fourth-order valence-electron chi connectivity index (χ4n) is 4.98. The van der Waals surface area contributed by atoms with E-state index in [1.165, 1.54) is 5.56 Å². The number of rotatable bonds is 8. The van der Waals surface area contributed by atoms with Crippen LogP contribution < -0.4 is 4.74 Å². The molecule has 188 valence electrons. The van der Waals surface area contributed by atoms with Crippen LogP contribution in [0.2, 0.25) is 5.02 Å². The summed E-state index contributed by atoms with van der Waals surface area (Å²) in [6, 6.07) is 35.7. The van der Waals surface area contributed by atoms with E-state index >= 15 is 0 Å². The van der Waals surface area contributed by atoms with Gasteiger partial charge in [-0.3, -0.25) is 9.89 Å². The number of carbonyl (C=O) groups excluding carboxylic acids is 1. The van der Waals surface area contributed by atoms with Crippen LogP contribution in [0.3, 0.4) is 0 Å². The number of hydrogen-bond donors (Lipinski definition) is 1. The van der Waals surface area contributed by atoms with E-state index in [0.29, 0.717) is 23.9 Å². The van der Waals surface area contributed by atoms with Crippen molar-refractivity contribution in [1.82, 2.24) is 15.1 Å². The van der Waals surface area contributed by atoms with Crippen LogP contribution in [0, 0.1) is 0 Å². The maximum Gasteiger partial charge on any atom is 0.273 e. The number of carbonyl (C=O) groups is 1. The molecule has 1 amide bonds. The molecule has 0 fully saturated rings. The molecule has 0 radical (unpaired) electrons. The zero-order valence-corrected chi connectivity index (χ0v) is 21.4. The average Bonchev–Trinajstić information content (AvgIpc) is 3.51. The molecule has 1 unspecified atom stereocenters. The molecule has 0 saturated heterocycles. The number of nitrogens with one attached hydrogen (secondary N) is 1. The number of amides is 1. The van der Waals surface area contributed by atoms with Crippen LogP contribution >= 0.6 is 11.6 Å². The molecular formula is C32H26ClN3O2. The van der Waals surface area contributed by atoms with Crippen molar-refractivity contribution in [2.24, 2.45) is 0 Å². The second kappa shape index (κ2) is 10.6. The number of nitrogens with zero attached hydrogens (tertiary/aromatic N) is 2. The number of aromatic nitrogens is 2. The highest BCUT2D eigenvalue weighted by atomic mass is 35.5.